The standard InChI is InChI=1S/C12H12N2O/c13-8-3-4-9-10(7-1-2-7)6-12(15)14-11(9)5-8/h3-7H,1-2,13H2,(H,14,15). The van der Waals surface area contributed by atoms with Crippen molar-refractivity contribution in [3.63, 3.8) is 0 Å². The fraction of sp³-hybridized carbons (Fsp3) is 0.250. The van der Waals surface area contributed by atoms with E-state index in [1.165, 1.54) is 18.4 Å². The number of fused-ring (bicyclic) bond motifs is 1. The predicted molar refractivity (Wildman–Crippen MR) is 61.0 cm³/mol. The van der Waals surface area contributed by atoms with Crippen LogP contribution in [0, 0.1) is 0 Å². The third-order valence-electron chi connectivity index (χ3n) is 2.92. The lowest BCUT2D eigenvalue weighted by Gasteiger charge is -2.05. The molecule has 3 N–H and O–H groups in total. The van der Waals surface area contributed by atoms with Gasteiger partial charge in [0.2, 0.25) is 5.56 Å². The largest absolute Gasteiger partial charge is 0.399 e. The Hall–Kier alpha value is -1.77. The van der Waals surface area contributed by atoms with Gasteiger partial charge in [0.25, 0.3) is 0 Å². The summed E-state index contributed by atoms with van der Waals surface area (Å²) in [4.78, 5) is 14.3. The zero-order chi connectivity index (χ0) is 10.4. The summed E-state index contributed by atoms with van der Waals surface area (Å²) in [5, 5.41) is 1.13. The molecule has 0 bridgehead atoms. The van der Waals surface area contributed by atoms with E-state index in [0.29, 0.717) is 11.6 Å². The van der Waals surface area contributed by atoms with Crippen molar-refractivity contribution in [3.8, 4) is 0 Å². The van der Waals surface area contributed by atoms with Gasteiger partial charge in [-0.05, 0) is 36.5 Å². The second-order valence-electron chi connectivity index (χ2n) is 4.17. The maximum atomic E-state index is 11.5. The summed E-state index contributed by atoms with van der Waals surface area (Å²) in [5.41, 5.74) is 8.37. The molecule has 1 aliphatic carbocycles. The second-order valence-corrected chi connectivity index (χ2v) is 4.17. The van der Waals surface area contributed by atoms with Gasteiger partial charge < -0.3 is 10.7 Å². The fourth-order valence-electron chi connectivity index (χ4n) is 2.04. The number of anilines is 1. The van der Waals surface area contributed by atoms with Crippen LogP contribution in [0.1, 0.15) is 24.3 Å². The minimum absolute atomic E-state index is 0.0324. The van der Waals surface area contributed by atoms with Crippen LogP contribution in [0.3, 0.4) is 0 Å². The Morgan fingerprint density at radius 1 is 1.27 bits per heavy atom. The Labute approximate surface area is 86.9 Å². The number of H-pyrrole nitrogens is 1. The minimum Gasteiger partial charge on any atom is -0.399 e. The van der Waals surface area contributed by atoms with Crippen LogP contribution in [0.4, 0.5) is 5.69 Å². The van der Waals surface area contributed by atoms with E-state index in [1.54, 1.807) is 6.07 Å². The molecule has 1 fully saturated rings. The van der Waals surface area contributed by atoms with Crippen molar-refractivity contribution in [2.45, 2.75) is 18.8 Å². The fourth-order valence-corrected chi connectivity index (χ4v) is 2.04. The molecule has 0 unspecified atom stereocenters. The van der Waals surface area contributed by atoms with E-state index < -0.39 is 0 Å². The highest BCUT2D eigenvalue weighted by atomic mass is 16.1. The number of aromatic nitrogens is 1. The van der Waals surface area contributed by atoms with Gasteiger partial charge in [0.1, 0.15) is 0 Å². The number of rotatable bonds is 1. The average Bonchev–Trinajstić information content (AvgIpc) is 2.98. The lowest BCUT2D eigenvalue weighted by atomic mass is 10.0. The van der Waals surface area contributed by atoms with Gasteiger partial charge in [-0.2, -0.15) is 0 Å². The van der Waals surface area contributed by atoms with Crippen LogP contribution in [0.2, 0.25) is 0 Å². The van der Waals surface area contributed by atoms with E-state index in [0.717, 1.165) is 10.9 Å². The number of benzene rings is 1. The van der Waals surface area contributed by atoms with E-state index in [-0.39, 0.29) is 5.56 Å². The number of nitrogens with one attached hydrogen (secondary N) is 1. The van der Waals surface area contributed by atoms with Gasteiger partial charge in [0.05, 0.1) is 5.52 Å². The van der Waals surface area contributed by atoms with Gasteiger partial charge in [-0.15, -0.1) is 0 Å². The van der Waals surface area contributed by atoms with Crippen LogP contribution in [-0.2, 0) is 0 Å². The number of hydrogen-bond acceptors (Lipinski definition) is 2. The molecule has 0 spiro atoms. The van der Waals surface area contributed by atoms with Gasteiger partial charge in [-0.25, -0.2) is 0 Å². The number of aromatic amines is 1. The van der Waals surface area contributed by atoms with Gasteiger partial charge in [-0.3, -0.25) is 4.79 Å². The normalized spacial score (nSPS) is 15.7. The van der Waals surface area contributed by atoms with E-state index in [1.807, 2.05) is 18.2 Å². The molecule has 76 valence electrons. The summed E-state index contributed by atoms with van der Waals surface area (Å²) in [6.45, 7) is 0. The highest BCUT2D eigenvalue weighted by Gasteiger charge is 2.25. The summed E-state index contributed by atoms with van der Waals surface area (Å²) in [6, 6.07) is 7.42. The smallest absolute Gasteiger partial charge is 0.248 e. The van der Waals surface area contributed by atoms with Crippen LogP contribution in [0.15, 0.2) is 29.1 Å². The summed E-state index contributed by atoms with van der Waals surface area (Å²) < 4.78 is 0. The van der Waals surface area contributed by atoms with E-state index in [2.05, 4.69) is 4.98 Å². The number of nitrogens with two attached hydrogens (primary N) is 1. The first kappa shape index (κ1) is 8.53. The Morgan fingerprint density at radius 3 is 2.80 bits per heavy atom. The maximum absolute atomic E-state index is 11.5. The molecule has 0 radical (unpaired) electrons. The van der Waals surface area contributed by atoms with Crippen LogP contribution in [0.25, 0.3) is 10.9 Å². The molecule has 1 saturated carbocycles. The Kier molecular flexibility index (Phi) is 1.63. The van der Waals surface area contributed by atoms with Crippen molar-refractivity contribution >= 4 is 16.6 Å². The van der Waals surface area contributed by atoms with Gasteiger partial charge in [-0.1, -0.05) is 6.07 Å². The van der Waals surface area contributed by atoms with Crippen LogP contribution in [0.5, 0.6) is 0 Å². The van der Waals surface area contributed by atoms with Crippen LogP contribution >= 0.6 is 0 Å². The summed E-state index contributed by atoms with van der Waals surface area (Å²) in [5.74, 6) is 0.582. The third-order valence-corrected chi connectivity index (χ3v) is 2.92. The lowest BCUT2D eigenvalue weighted by molar-refractivity contribution is 1.12. The average molecular weight is 200 g/mol. The van der Waals surface area contributed by atoms with Crippen molar-refractivity contribution in [1.82, 2.24) is 4.98 Å². The molecule has 3 nitrogen and oxygen atoms in total. The molecule has 3 rings (SSSR count). The highest BCUT2D eigenvalue weighted by molar-refractivity contribution is 5.85. The Bertz CT molecular complexity index is 582. The first-order valence-electron chi connectivity index (χ1n) is 5.16. The Morgan fingerprint density at radius 2 is 2.07 bits per heavy atom. The van der Waals surface area contributed by atoms with Gasteiger partial charge in [0.15, 0.2) is 0 Å². The topological polar surface area (TPSA) is 58.9 Å². The SMILES string of the molecule is Nc1ccc2c(C3CC3)cc(=O)[nH]c2c1. The predicted octanol–water partition coefficient (Wildman–Crippen LogP) is 1.99. The molecule has 0 atom stereocenters. The molecule has 0 aliphatic heterocycles. The summed E-state index contributed by atoms with van der Waals surface area (Å²) in [6.07, 6.45) is 2.39. The molecule has 1 aliphatic rings. The molecule has 2 aromatic rings. The molecular formula is C12H12N2O. The van der Waals surface area contributed by atoms with E-state index in [4.69, 9.17) is 5.73 Å². The first-order valence-corrected chi connectivity index (χ1v) is 5.16. The molecule has 1 aromatic heterocycles. The van der Waals surface area contributed by atoms with Crippen molar-refractivity contribution in [2.24, 2.45) is 0 Å². The molecule has 3 heteroatoms. The zero-order valence-electron chi connectivity index (χ0n) is 8.29. The molecular weight excluding hydrogens is 188 g/mol. The minimum atomic E-state index is -0.0324. The number of nitrogen functional groups attached to an aromatic ring is 1. The molecule has 0 saturated heterocycles. The monoisotopic (exact) mass is 200 g/mol. The van der Waals surface area contributed by atoms with Crippen LogP contribution in [-0.4, -0.2) is 4.98 Å². The zero-order valence-corrected chi connectivity index (χ0v) is 8.29. The molecule has 0 amide bonds. The van der Waals surface area contributed by atoms with Gasteiger partial charge >= 0.3 is 0 Å². The number of pyridine rings is 1. The highest BCUT2D eigenvalue weighted by Crippen LogP contribution is 2.42. The van der Waals surface area contributed by atoms with Gasteiger partial charge in [0, 0.05) is 17.1 Å². The molecule has 15 heavy (non-hydrogen) atoms. The van der Waals surface area contributed by atoms with E-state index in [9.17, 15) is 4.79 Å². The first-order chi connectivity index (χ1) is 7.24. The molecule has 1 aromatic carbocycles. The van der Waals surface area contributed by atoms with Crippen molar-refractivity contribution < 1.29 is 0 Å². The second kappa shape index (κ2) is 2.86. The van der Waals surface area contributed by atoms with Crippen molar-refractivity contribution in [3.05, 3.63) is 40.2 Å². The molecule has 1 heterocycles. The lowest BCUT2D eigenvalue weighted by Crippen LogP contribution is -2.06. The number of hydrogen-bond donors (Lipinski definition) is 2. The van der Waals surface area contributed by atoms with Crippen molar-refractivity contribution in [2.75, 3.05) is 5.73 Å². The van der Waals surface area contributed by atoms with E-state index >= 15 is 0 Å². The summed E-state index contributed by atoms with van der Waals surface area (Å²) in [7, 11) is 0. The quantitative estimate of drug-likeness (QED) is 0.691. The third kappa shape index (κ3) is 1.40. The maximum Gasteiger partial charge on any atom is 0.248 e. The van der Waals surface area contributed by atoms with Crippen LogP contribution < -0.4 is 11.3 Å². The Balaban J connectivity index is 2.38. The van der Waals surface area contributed by atoms with Crippen molar-refractivity contribution in [1.29, 1.82) is 0 Å². The summed E-state index contributed by atoms with van der Waals surface area (Å²) >= 11 is 0.